The van der Waals surface area contributed by atoms with Crippen molar-refractivity contribution in [1.29, 1.82) is 0 Å². The van der Waals surface area contributed by atoms with E-state index in [9.17, 15) is 17.6 Å². The molecule has 2 aromatic carbocycles. The normalized spacial score (nSPS) is 10.9. The minimum absolute atomic E-state index is 0.206. The predicted molar refractivity (Wildman–Crippen MR) is 96.8 cm³/mol. The number of carbonyl (C=O) groups excluding carboxylic acids is 1. The standard InChI is InChI=1S/C17H19FN2O5S/c1-24-12-8-9-16(25-2)14(10-12)19-17(21)11-20(26(3,22)23)15-7-5-4-6-13(15)18/h4-10H,11H2,1-3H3,(H,19,21). The maximum absolute atomic E-state index is 14.0. The van der Waals surface area contributed by atoms with Crippen molar-refractivity contribution in [1.82, 2.24) is 0 Å². The molecule has 26 heavy (non-hydrogen) atoms. The third-order valence-electron chi connectivity index (χ3n) is 3.49. The number of hydrogen-bond donors (Lipinski definition) is 1. The van der Waals surface area contributed by atoms with E-state index >= 15 is 0 Å². The number of ether oxygens (including phenoxy) is 2. The van der Waals surface area contributed by atoms with E-state index in [0.29, 0.717) is 21.5 Å². The molecule has 0 aromatic heterocycles. The van der Waals surface area contributed by atoms with Crippen molar-refractivity contribution in [2.75, 3.05) is 36.6 Å². The van der Waals surface area contributed by atoms with Gasteiger partial charge in [0, 0.05) is 6.07 Å². The smallest absolute Gasteiger partial charge is 0.245 e. The number of hydrogen-bond acceptors (Lipinski definition) is 5. The summed E-state index contributed by atoms with van der Waals surface area (Å²) in [7, 11) is -0.980. The summed E-state index contributed by atoms with van der Waals surface area (Å²) in [5.41, 5.74) is 0.0987. The topological polar surface area (TPSA) is 84.9 Å². The molecule has 2 rings (SSSR count). The number of nitrogens with zero attached hydrogens (tertiary/aromatic N) is 1. The highest BCUT2D eigenvalue weighted by Crippen LogP contribution is 2.29. The fraction of sp³-hybridized carbons (Fsp3) is 0.235. The summed E-state index contributed by atoms with van der Waals surface area (Å²) in [6.45, 7) is -0.597. The predicted octanol–water partition coefficient (Wildman–Crippen LogP) is 2.25. The van der Waals surface area contributed by atoms with Gasteiger partial charge in [-0.2, -0.15) is 0 Å². The van der Waals surface area contributed by atoms with E-state index in [2.05, 4.69) is 5.32 Å². The van der Waals surface area contributed by atoms with Gasteiger partial charge in [0.2, 0.25) is 15.9 Å². The Kier molecular flexibility index (Phi) is 6.04. The summed E-state index contributed by atoms with van der Waals surface area (Å²) in [4.78, 5) is 12.4. The van der Waals surface area contributed by atoms with Crippen molar-refractivity contribution in [3.63, 3.8) is 0 Å². The molecule has 0 aliphatic heterocycles. The zero-order valence-corrected chi connectivity index (χ0v) is 15.3. The fourth-order valence-electron chi connectivity index (χ4n) is 2.27. The molecule has 9 heteroatoms. The number of halogens is 1. The molecule has 0 heterocycles. The Morgan fingerprint density at radius 2 is 1.85 bits per heavy atom. The number of para-hydroxylation sites is 1. The van der Waals surface area contributed by atoms with E-state index < -0.39 is 28.3 Å². The largest absolute Gasteiger partial charge is 0.497 e. The van der Waals surface area contributed by atoms with Gasteiger partial charge in [-0.3, -0.25) is 9.10 Å². The minimum Gasteiger partial charge on any atom is -0.497 e. The molecule has 0 aliphatic carbocycles. The second kappa shape index (κ2) is 8.05. The van der Waals surface area contributed by atoms with E-state index in [1.165, 1.54) is 38.5 Å². The Bertz CT molecular complexity index is 902. The van der Waals surface area contributed by atoms with Crippen LogP contribution in [0.3, 0.4) is 0 Å². The summed E-state index contributed by atoms with van der Waals surface area (Å²) >= 11 is 0. The number of carbonyl (C=O) groups is 1. The van der Waals surface area contributed by atoms with Gasteiger partial charge >= 0.3 is 0 Å². The molecule has 0 atom stereocenters. The van der Waals surface area contributed by atoms with Crippen molar-refractivity contribution in [3.05, 3.63) is 48.3 Å². The highest BCUT2D eigenvalue weighted by atomic mass is 32.2. The minimum atomic E-state index is -3.88. The van der Waals surface area contributed by atoms with Gasteiger partial charge in [0.05, 0.1) is 31.9 Å². The van der Waals surface area contributed by atoms with E-state index in [1.54, 1.807) is 12.1 Å². The maximum Gasteiger partial charge on any atom is 0.245 e. The molecule has 0 radical (unpaired) electrons. The van der Waals surface area contributed by atoms with Crippen LogP contribution in [0.4, 0.5) is 15.8 Å². The van der Waals surface area contributed by atoms with Gasteiger partial charge in [-0.1, -0.05) is 12.1 Å². The monoisotopic (exact) mass is 382 g/mol. The molecule has 2 aromatic rings. The Morgan fingerprint density at radius 1 is 1.15 bits per heavy atom. The van der Waals surface area contributed by atoms with E-state index in [0.717, 1.165) is 12.3 Å². The first-order chi connectivity index (χ1) is 12.3. The van der Waals surface area contributed by atoms with Gasteiger partial charge < -0.3 is 14.8 Å². The number of methoxy groups -OCH3 is 2. The molecule has 0 spiro atoms. The summed E-state index contributed by atoms with van der Waals surface area (Å²) in [5, 5.41) is 2.56. The lowest BCUT2D eigenvalue weighted by atomic mass is 10.2. The molecule has 1 N–H and O–H groups in total. The van der Waals surface area contributed by atoms with Crippen LogP contribution in [0, 0.1) is 5.82 Å². The average Bonchev–Trinajstić information content (AvgIpc) is 2.59. The van der Waals surface area contributed by atoms with E-state index in [4.69, 9.17) is 9.47 Å². The lowest BCUT2D eigenvalue weighted by molar-refractivity contribution is -0.114. The molecule has 1 amide bonds. The number of benzene rings is 2. The molecule has 7 nitrogen and oxygen atoms in total. The van der Waals surface area contributed by atoms with Crippen LogP contribution >= 0.6 is 0 Å². The van der Waals surface area contributed by atoms with Gasteiger partial charge in [-0.25, -0.2) is 12.8 Å². The third kappa shape index (κ3) is 4.63. The lowest BCUT2D eigenvalue weighted by Crippen LogP contribution is -2.38. The van der Waals surface area contributed by atoms with Crippen LogP contribution in [-0.4, -0.2) is 41.3 Å². The highest BCUT2D eigenvalue weighted by Gasteiger charge is 2.24. The van der Waals surface area contributed by atoms with Crippen molar-refractivity contribution in [2.45, 2.75) is 0 Å². The van der Waals surface area contributed by atoms with Gasteiger partial charge in [-0.15, -0.1) is 0 Å². The summed E-state index contributed by atoms with van der Waals surface area (Å²) in [6.07, 6.45) is 0.902. The number of sulfonamides is 1. The Morgan fingerprint density at radius 3 is 2.42 bits per heavy atom. The maximum atomic E-state index is 14.0. The van der Waals surface area contributed by atoms with E-state index in [1.807, 2.05) is 0 Å². The van der Waals surface area contributed by atoms with E-state index in [-0.39, 0.29) is 5.69 Å². The highest BCUT2D eigenvalue weighted by molar-refractivity contribution is 7.92. The van der Waals surface area contributed by atoms with Crippen LogP contribution in [0.25, 0.3) is 0 Å². The van der Waals surface area contributed by atoms with Crippen LogP contribution in [-0.2, 0) is 14.8 Å². The summed E-state index contributed by atoms with van der Waals surface area (Å²) in [5.74, 6) is -0.555. The molecule has 0 saturated carbocycles. The number of amides is 1. The van der Waals surface area contributed by atoms with Gasteiger partial charge in [0.15, 0.2) is 0 Å². The van der Waals surface area contributed by atoms with Crippen molar-refractivity contribution in [2.24, 2.45) is 0 Å². The molecule has 0 unspecified atom stereocenters. The second-order valence-electron chi connectivity index (χ2n) is 5.34. The first kappa shape index (κ1) is 19.5. The van der Waals surface area contributed by atoms with Gasteiger partial charge in [0.25, 0.3) is 0 Å². The number of nitrogens with one attached hydrogen (secondary N) is 1. The van der Waals surface area contributed by atoms with Gasteiger partial charge in [-0.05, 0) is 24.3 Å². The lowest BCUT2D eigenvalue weighted by Gasteiger charge is -2.22. The molecule has 140 valence electrons. The van der Waals surface area contributed by atoms with Crippen molar-refractivity contribution >= 4 is 27.3 Å². The zero-order valence-electron chi connectivity index (χ0n) is 14.5. The molecular formula is C17H19FN2O5S. The quantitative estimate of drug-likeness (QED) is 0.794. The number of anilines is 2. The molecular weight excluding hydrogens is 363 g/mol. The molecule has 0 saturated heterocycles. The molecule has 0 fully saturated rings. The van der Waals surface area contributed by atoms with Crippen LogP contribution in [0.5, 0.6) is 11.5 Å². The molecule has 0 aliphatic rings. The van der Waals surface area contributed by atoms with Crippen molar-refractivity contribution in [3.8, 4) is 11.5 Å². The van der Waals surface area contributed by atoms with Crippen LogP contribution in [0.2, 0.25) is 0 Å². The SMILES string of the molecule is COc1ccc(OC)c(NC(=O)CN(c2ccccc2F)S(C)(=O)=O)c1. The Labute approximate surface area is 151 Å². The number of rotatable bonds is 7. The first-order valence-corrected chi connectivity index (χ1v) is 9.35. The Hall–Kier alpha value is -2.81. The fourth-order valence-corrected chi connectivity index (χ4v) is 3.12. The zero-order chi connectivity index (χ0) is 19.3. The van der Waals surface area contributed by atoms with Crippen LogP contribution in [0.15, 0.2) is 42.5 Å². The summed E-state index contributed by atoms with van der Waals surface area (Å²) in [6, 6.07) is 10.1. The average molecular weight is 382 g/mol. The first-order valence-electron chi connectivity index (χ1n) is 7.50. The summed E-state index contributed by atoms with van der Waals surface area (Å²) < 4.78 is 49.0. The molecule has 0 bridgehead atoms. The second-order valence-corrected chi connectivity index (χ2v) is 7.24. The Balaban J connectivity index is 2.28. The van der Waals surface area contributed by atoms with Crippen LogP contribution < -0.4 is 19.1 Å². The third-order valence-corrected chi connectivity index (χ3v) is 4.62. The van der Waals surface area contributed by atoms with Gasteiger partial charge in [0.1, 0.15) is 23.9 Å². The van der Waals surface area contributed by atoms with Crippen LogP contribution in [0.1, 0.15) is 0 Å². The van der Waals surface area contributed by atoms with Crippen molar-refractivity contribution < 1.29 is 27.1 Å².